The Balaban J connectivity index is 0.964. The van der Waals surface area contributed by atoms with Crippen molar-refractivity contribution in [1.29, 1.82) is 0 Å². The monoisotopic (exact) mass is 791 g/mol. The molecule has 2 atom stereocenters. The van der Waals surface area contributed by atoms with Crippen LogP contribution in [0.25, 0.3) is 21.3 Å². The van der Waals surface area contributed by atoms with Gasteiger partial charge < -0.3 is 30.5 Å². The van der Waals surface area contributed by atoms with Crippen molar-refractivity contribution < 1.29 is 24.5 Å². The second-order valence-corrected chi connectivity index (χ2v) is 18.8. The number of benzene rings is 1. The molecule has 4 saturated carbocycles. The van der Waals surface area contributed by atoms with Crippen LogP contribution in [0.15, 0.2) is 42.6 Å². The highest BCUT2D eigenvalue weighted by molar-refractivity contribution is 7.22. The van der Waals surface area contributed by atoms with Crippen molar-refractivity contribution >= 4 is 56.1 Å². The van der Waals surface area contributed by atoms with E-state index in [-0.39, 0.29) is 34.1 Å². The van der Waals surface area contributed by atoms with Gasteiger partial charge in [0, 0.05) is 47.6 Å². The van der Waals surface area contributed by atoms with E-state index in [1.165, 1.54) is 6.42 Å². The lowest BCUT2D eigenvalue weighted by atomic mass is 9.39. The molecule has 298 valence electrons. The molecule has 14 nitrogen and oxygen atoms in total. The van der Waals surface area contributed by atoms with Crippen molar-refractivity contribution in [3.05, 3.63) is 65.1 Å². The fourth-order valence-electron chi connectivity index (χ4n) is 11.8. The molecule has 0 radical (unpaired) electrons. The van der Waals surface area contributed by atoms with E-state index >= 15 is 0 Å². The van der Waals surface area contributed by atoms with E-state index in [0.29, 0.717) is 42.7 Å². The third kappa shape index (κ3) is 6.93. The van der Waals surface area contributed by atoms with Crippen LogP contribution in [0.1, 0.15) is 86.1 Å². The molecule has 5 aliphatic rings. The molecule has 1 aromatic carbocycles. The maximum atomic E-state index is 12.9. The van der Waals surface area contributed by atoms with Gasteiger partial charge in [-0.05, 0) is 106 Å². The Morgan fingerprint density at radius 1 is 0.947 bits per heavy atom. The largest absolute Gasteiger partial charge is 0.480 e. The lowest BCUT2D eigenvalue weighted by Gasteiger charge is -2.69. The third-order valence-electron chi connectivity index (χ3n) is 12.8. The van der Waals surface area contributed by atoms with E-state index in [1.807, 2.05) is 55.1 Å². The fraction of sp³-hybridized carbons (Fsp3) is 0.500. The summed E-state index contributed by atoms with van der Waals surface area (Å²) >= 11 is 1.57. The van der Waals surface area contributed by atoms with Crippen molar-refractivity contribution in [3.63, 3.8) is 0 Å². The summed E-state index contributed by atoms with van der Waals surface area (Å²) in [5, 5.41) is 40.8. The number of carboxylic acids is 2. The number of nitrogens with one attached hydrogen (secondary N) is 2. The van der Waals surface area contributed by atoms with Crippen molar-refractivity contribution in [2.24, 2.45) is 16.2 Å². The predicted octanol–water partition coefficient (Wildman–Crippen LogP) is 7.30. The number of ether oxygens (including phenoxy) is 1. The molecule has 2 unspecified atom stereocenters. The zero-order valence-electron chi connectivity index (χ0n) is 32.9. The zero-order valence-corrected chi connectivity index (χ0v) is 33.7. The van der Waals surface area contributed by atoms with Crippen LogP contribution in [-0.4, -0.2) is 83.9 Å². The van der Waals surface area contributed by atoms with E-state index in [0.717, 1.165) is 89.2 Å². The van der Waals surface area contributed by atoms with Crippen molar-refractivity contribution in [2.45, 2.75) is 91.2 Å². The quantitative estimate of drug-likeness (QED) is 0.0874. The molecule has 0 saturated heterocycles. The number of nitrogens with zero attached hydrogens (tertiary/aromatic N) is 7. The minimum absolute atomic E-state index is 0.0247. The lowest BCUT2D eigenvalue weighted by Crippen LogP contribution is -2.64. The predicted molar refractivity (Wildman–Crippen MR) is 218 cm³/mol. The van der Waals surface area contributed by atoms with Crippen LogP contribution in [-0.2, 0) is 22.5 Å². The molecule has 57 heavy (non-hydrogen) atoms. The Morgan fingerprint density at radius 2 is 1.74 bits per heavy atom. The number of aliphatic carboxylic acids is 1. The molecule has 4 bridgehead atoms. The number of aromatic carboxylic acids is 1. The van der Waals surface area contributed by atoms with E-state index in [1.54, 1.807) is 17.5 Å². The van der Waals surface area contributed by atoms with Gasteiger partial charge in [0.05, 0.1) is 35.2 Å². The summed E-state index contributed by atoms with van der Waals surface area (Å²) in [6.45, 7) is 11.1. The van der Waals surface area contributed by atoms with E-state index in [4.69, 9.17) is 24.9 Å². The number of pyridine rings is 1. The first kappa shape index (κ1) is 37.6. The van der Waals surface area contributed by atoms with Crippen molar-refractivity contribution in [2.75, 3.05) is 36.5 Å². The minimum Gasteiger partial charge on any atom is -0.480 e. The Bertz CT molecular complexity index is 2360. The average molecular weight is 792 g/mol. The molecule has 5 aromatic rings. The number of thiazole rings is 1. The summed E-state index contributed by atoms with van der Waals surface area (Å²) < 4.78 is 9.87. The summed E-state index contributed by atoms with van der Waals surface area (Å²) in [5.41, 5.74) is 5.12. The number of carbonyl (C=O) groups is 2. The highest BCUT2D eigenvalue weighted by atomic mass is 32.1. The van der Waals surface area contributed by atoms with Crippen LogP contribution in [0.2, 0.25) is 0 Å². The van der Waals surface area contributed by atoms with Gasteiger partial charge in [0.2, 0.25) is 0 Å². The number of aromatic nitrogens is 6. The van der Waals surface area contributed by atoms with Crippen LogP contribution in [0.5, 0.6) is 0 Å². The van der Waals surface area contributed by atoms with Gasteiger partial charge in [-0.25, -0.2) is 14.8 Å². The zero-order chi connectivity index (χ0) is 39.7. The van der Waals surface area contributed by atoms with Crippen LogP contribution in [0.4, 0.5) is 22.6 Å². The van der Waals surface area contributed by atoms with Crippen LogP contribution in [0, 0.1) is 30.1 Å². The molecule has 4 aliphatic carbocycles. The highest BCUT2D eigenvalue weighted by Crippen LogP contribution is 2.72. The topological polar surface area (TPSA) is 181 Å². The van der Waals surface area contributed by atoms with E-state index in [2.05, 4.69) is 39.4 Å². The van der Waals surface area contributed by atoms with Gasteiger partial charge in [-0.2, -0.15) is 5.10 Å². The molecular formula is C42H49N9O5S. The van der Waals surface area contributed by atoms with Gasteiger partial charge in [0.15, 0.2) is 22.5 Å². The maximum absolute atomic E-state index is 12.9. The van der Waals surface area contributed by atoms with Crippen molar-refractivity contribution in [1.82, 2.24) is 35.3 Å². The lowest BCUT2D eigenvalue weighted by molar-refractivity contribution is -0.247. The van der Waals surface area contributed by atoms with Gasteiger partial charge in [-0.1, -0.05) is 37.3 Å². The number of fused-ring (bicyclic) bond motifs is 2. The summed E-state index contributed by atoms with van der Waals surface area (Å²) in [6.07, 6.45) is 9.74. The molecule has 10 rings (SSSR count). The second-order valence-electron chi connectivity index (χ2n) is 17.8. The van der Waals surface area contributed by atoms with E-state index < -0.39 is 11.9 Å². The van der Waals surface area contributed by atoms with Gasteiger partial charge in [-0.15, -0.1) is 10.2 Å². The number of para-hydroxylation sites is 1. The molecule has 0 amide bonds. The smallest absolute Gasteiger partial charge is 0.355 e. The van der Waals surface area contributed by atoms with E-state index in [9.17, 15) is 14.7 Å². The second kappa shape index (κ2) is 13.8. The van der Waals surface area contributed by atoms with Gasteiger partial charge in [0.1, 0.15) is 5.82 Å². The maximum Gasteiger partial charge on any atom is 0.355 e. The SMILES string of the molecule is Cc1c(Nc2nc3ccccc3s2)nnc2c1CCCN2c1ccc(-c2cnn(CC34CC5(C)CC(C)(C3)CC(OCCNCC(=O)O)(C5)C4)c2C)c(C(=O)O)n1. The first-order valence-electron chi connectivity index (χ1n) is 19.8. The van der Waals surface area contributed by atoms with Crippen LogP contribution in [0.3, 0.4) is 0 Å². The Hall–Kier alpha value is -4.99. The number of hydrogen-bond donors (Lipinski definition) is 4. The Kier molecular flexibility index (Phi) is 9.12. The summed E-state index contributed by atoms with van der Waals surface area (Å²) in [5.74, 6) is -0.122. The molecule has 4 N–H and O–H groups in total. The number of hydrogen-bond acceptors (Lipinski definition) is 12. The third-order valence-corrected chi connectivity index (χ3v) is 13.7. The summed E-state index contributed by atoms with van der Waals surface area (Å²) in [4.78, 5) is 35.3. The molecule has 1 aliphatic heterocycles. The summed E-state index contributed by atoms with van der Waals surface area (Å²) in [7, 11) is 0. The molecular weight excluding hydrogens is 743 g/mol. The van der Waals surface area contributed by atoms with Gasteiger partial charge in [0.25, 0.3) is 0 Å². The Morgan fingerprint density at radius 3 is 2.49 bits per heavy atom. The van der Waals surface area contributed by atoms with Crippen molar-refractivity contribution in [3.8, 4) is 11.1 Å². The first-order chi connectivity index (χ1) is 27.2. The Labute approximate surface area is 335 Å². The molecule has 0 spiro atoms. The van der Waals surface area contributed by atoms with Crippen LogP contribution >= 0.6 is 11.3 Å². The van der Waals surface area contributed by atoms with Gasteiger partial charge >= 0.3 is 11.9 Å². The molecule has 4 aromatic heterocycles. The van der Waals surface area contributed by atoms with Gasteiger partial charge in [-0.3, -0.25) is 9.48 Å². The number of anilines is 4. The number of carboxylic acid groups (broad SMARTS) is 2. The fourth-order valence-corrected chi connectivity index (χ4v) is 12.7. The molecule has 4 fully saturated rings. The van der Waals surface area contributed by atoms with Crippen LogP contribution < -0.4 is 15.5 Å². The molecule has 15 heteroatoms. The highest BCUT2D eigenvalue weighted by Gasteiger charge is 2.66. The first-order valence-corrected chi connectivity index (χ1v) is 20.7. The standard InChI is InChI=1S/C42H49N9O5S/c1-25-27-8-7-14-50(36(27)49-48-35(25)47-38-45-30-9-5-6-10-31(30)57-38)32-12-11-28(34(46-32)37(54)55)29-16-44-51(26(29)2)24-41-19-39(3)18-40(4,20-41)22-42(21-39,23-41)56-15-13-43-17-33(52)53/h5-6,9-12,16,43H,7-8,13-15,17-24H2,1-4H3,(H,52,53)(H,54,55)(H,45,47,48). The minimum atomic E-state index is -1.10. The number of rotatable bonds is 13. The molecule has 5 heterocycles. The summed E-state index contributed by atoms with van der Waals surface area (Å²) in [6, 6.07) is 11.7. The normalized spacial score (nSPS) is 26.2. The average Bonchev–Trinajstić information content (AvgIpc) is 3.72.